The van der Waals surface area contributed by atoms with E-state index in [1.807, 2.05) is 0 Å². The zero-order valence-corrected chi connectivity index (χ0v) is 12.8. The molecule has 0 aromatic carbocycles. The SMILES string of the molecule is N[C@@H](CO)C(=O)OC[C@H]1OC(n2cnc3c(=O)[nH]cnc32)[C@@H](O)[C@H]1O. The van der Waals surface area contributed by atoms with Crippen molar-refractivity contribution in [3.63, 3.8) is 0 Å². The molecule has 12 nitrogen and oxygen atoms in total. The first kappa shape index (κ1) is 17.4. The summed E-state index contributed by atoms with van der Waals surface area (Å²) in [5, 5.41) is 29.1. The molecule has 6 N–H and O–H groups in total. The molecule has 2 aromatic heterocycles. The number of hydrogen-bond acceptors (Lipinski definition) is 10. The lowest BCUT2D eigenvalue weighted by Gasteiger charge is -2.16. The third-order valence-corrected chi connectivity index (χ3v) is 3.87. The van der Waals surface area contributed by atoms with Gasteiger partial charge in [-0.3, -0.25) is 14.2 Å². The first-order valence-corrected chi connectivity index (χ1v) is 7.39. The van der Waals surface area contributed by atoms with Crippen LogP contribution in [0.1, 0.15) is 6.23 Å². The maximum atomic E-state index is 11.7. The standard InChI is InChI=1S/C13H17N5O7/c14-5(1-19)13(23)24-2-6-8(20)9(21)12(25-6)18-4-17-7-10(18)15-3-16-11(7)22/h3-6,8-9,12,19-21H,1-2,14H2,(H,15,16,22)/t5-,6+,8-,9-,12?/m0/s1. The Morgan fingerprint density at radius 2 is 2.20 bits per heavy atom. The van der Waals surface area contributed by atoms with Crippen molar-refractivity contribution in [1.82, 2.24) is 19.5 Å². The Balaban J connectivity index is 1.76. The third kappa shape index (κ3) is 3.12. The number of rotatable bonds is 5. The van der Waals surface area contributed by atoms with Crippen LogP contribution in [0.4, 0.5) is 0 Å². The molecule has 0 saturated carbocycles. The molecule has 0 aliphatic carbocycles. The highest BCUT2D eigenvalue weighted by Crippen LogP contribution is 2.31. The molecule has 25 heavy (non-hydrogen) atoms. The summed E-state index contributed by atoms with van der Waals surface area (Å²) in [6.07, 6.45) is -2.41. The Bertz CT molecular complexity index is 820. The minimum Gasteiger partial charge on any atom is -0.462 e. The lowest BCUT2D eigenvalue weighted by Crippen LogP contribution is -2.39. The largest absolute Gasteiger partial charge is 0.462 e. The van der Waals surface area contributed by atoms with Crippen molar-refractivity contribution in [2.75, 3.05) is 13.2 Å². The van der Waals surface area contributed by atoms with Gasteiger partial charge in [0.05, 0.1) is 19.3 Å². The van der Waals surface area contributed by atoms with Gasteiger partial charge in [0.1, 0.15) is 31.0 Å². The van der Waals surface area contributed by atoms with Crippen LogP contribution in [-0.2, 0) is 14.3 Å². The quantitative estimate of drug-likeness (QED) is 0.338. The lowest BCUT2D eigenvalue weighted by molar-refractivity contribution is -0.152. The van der Waals surface area contributed by atoms with Crippen LogP contribution in [0.2, 0.25) is 0 Å². The van der Waals surface area contributed by atoms with E-state index in [4.69, 9.17) is 20.3 Å². The van der Waals surface area contributed by atoms with E-state index in [-0.39, 0.29) is 17.8 Å². The van der Waals surface area contributed by atoms with E-state index in [9.17, 15) is 19.8 Å². The van der Waals surface area contributed by atoms with Gasteiger partial charge in [0, 0.05) is 0 Å². The molecule has 1 aliphatic rings. The number of nitrogens with two attached hydrogens (primary N) is 1. The van der Waals surface area contributed by atoms with Crippen molar-refractivity contribution in [1.29, 1.82) is 0 Å². The normalized spacial score (nSPS) is 27.5. The second-order valence-corrected chi connectivity index (χ2v) is 5.52. The van der Waals surface area contributed by atoms with Crippen molar-refractivity contribution in [2.45, 2.75) is 30.6 Å². The van der Waals surface area contributed by atoms with Crippen LogP contribution >= 0.6 is 0 Å². The van der Waals surface area contributed by atoms with Gasteiger partial charge in [-0.05, 0) is 0 Å². The Morgan fingerprint density at radius 1 is 1.44 bits per heavy atom. The Hall–Kier alpha value is -2.38. The molecule has 0 radical (unpaired) electrons. The van der Waals surface area contributed by atoms with Gasteiger partial charge in [-0.25, -0.2) is 9.97 Å². The van der Waals surface area contributed by atoms with E-state index in [0.29, 0.717) is 0 Å². The Kier molecular flexibility index (Phi) is 4.78. The maximum absolute atomic E-state index is 11.7. The van der Waals surface area contributed by atoms with Gasteiger partial charge in [0.2, 0.25) is 0 Å². The van der Waals surface area contributed by atoms with Crippen molar-refractivity contribution < 1.29 is 29.6 Å². The first-order chi connectivity index (χ1) is 11.9. The molecule has 0 amide bonds. The van der Waals surface area contributed by atoms with Crippen molar-refractivity contribution in [3.05, 3.63) is 23.0 Å². The number of aliphatic hydroxyl groups excluding tert-OH is 3. The molecule has 2 aromatic rings. The van der Waals surface area contributed by atoms with Crippen LogP contribution in [0, 0.1) is 0 Å². The van der Waals surface area contributed by atoms with E-state index in [2.05, 4.69) is 15.0 Å². The van der Waals surface area contributed by atoms with Crippen molar-refractivity contribution >= 4 is 17.1 Å². The number of ether oxygens (including phenoxy) is 2. The van der Waals surface area contributed by atoms with Gasteiger partial charge in [-0.15, -0.1) is 0 Å². The summed E-state index contributed by atoms with van der Waals surface area (Å²) in [5.74, 6) is -0.863. The summed E-state index contributed by atoms with van der Waals surface area (Å²) in [7, 11) is 0. The Morgan fingerprint density at radius 3 is 2.92 bits per heavy atom. The number of aromatic nitrogens is 4. The van der Waals surface area contributed by atoms with Crippen LogP contribution in [0.5, 0.6) is 0 Å². The number of carbonyl (C=O) groups is 1. The second kappa shape index (κ2) is 6.85. The monoisotopic (exact) mass is 355 g/mol. The van der Waals surface area contributed by atoms with Gasteiger partial charge in [-0.2, -0.15) is 0 Å². The number of imidazole rings is 1. The summed E-state index contributed by atoms with van der Waals surface area (Å²) in [6.45, 7) is -0.957. The first-order valence-electron chi connectivity index (χ1n) is 7.39. The van der Waals surface area contributed by atoms with Crippen LogP contribution in [0.25, 0.3) is 11.2 Å². The van der Waals surface area contributed by atoms with Crippen LogP contribution in [0.15, 0.2) is 17.4 Å². The molecule has 3 heterocycles. The molecule has 0 spiro atoms. The average molecular weight is 355 g/mol. The molecule has 1 fully saturated rings. The number of nitrogens with one attached hydrogen (secondary N) is 1. The summed E-state index contributed by atoms with van der Waals surface area (Å²) < 4.78 is 11.7. The van der Waals surface area contributed by atoms with Gasteiger partial charge in [0.15, 0.2) is 17.4 Å². The highest BCUT2D eigenvalue weighted by molar-refractivity contribution is 5.75. The van der Waals surface area contributed by atoms with E-state index >= 15 is 0 Å². The maximum Gasteiger partial charge on any atom is 0.325 e. The number of hydrogen-bond donors (Lipinski definition) is 5. The molecule has 1 saturated heterocycles. The van der Waals surface area contributed by atoms with Crippen LogP contribution in [-0.4, -0.2) is 78.4 Å². The minimum absolute atomic E-state index is 0.0524. The molecule has 136 valence electrons. The zero-order valence-electron chi connectivity index (χ0n) is 12.8. The van der Waals surface area contributed by atoms with Gasteiger partial charge in [-0.1, -0.05) is 0 Å². The fourth-order valence-electron chi connectivity index (χ4n) is 2.49. The predicted molar refractivity (Wildman–Crippen MR) is 80.1 cm³/mol. The van der Waals surface area contributed by atoms with Crippen molar-refractivity contribution in [3.8, 4) is 0 Å². The molecule has 1 unspecified atom stereocenters. The molecule has 0 bridgehead atoms. The Labute approximate surface area is 139 Å². The number of esters is 1. The molecule has 3 rings (SSSR count). The fourth-order valence-corrected chi connectivity index (χ4v) is 2.49. The molecule has 1 aliphatic heterocycles. The van der Waals surface area contributed by atoms with Crippen LogP contribution < -0.4 is 11.3 Å². The average Bonchev–Trinajstić information content (AvgIpc) is 3.15. The number of H-pyrrole nitrogens is 1. The summed E-state index contributed by atoms with van der Waals surface area (Å²) >= 11 is 0. The predicted octanol–water partition coefficient (Wildman–Crippen LogP) is -3.40. The van der Waals surface area contributed by atoms with Gasteiger partial charge < -0.3 is 35.5 Å². The van der Waals surface area contributed by atoms with E-state index < -0.39 is 48.7 Å². The third-order valence-electron chi connectivity index (χ3n) is 3.87. The number of fused-ring (bicyclic) bond motifs is 1. The number of carbonyl (C=O) groups excluding carboxylic acids is 1. The summed E-state index contributed by atoms with van der Waals surface area (Å²) in [5.41, 5.74) is 5.07. The van der Waals surface area contributed by atoms with Crippen LogP contribution in [0.3, 0.4) is 0 Å². The lowest BCUT2D eigenvalue weighted by atomic mass is 10.1. The van der Waals surface area contributed by atoms with E-state index in [1.54, 1.807) is 0 Å². The molecule has 5 atom stereocenters. The number of nitrogens with zero attached hydrogens (tertiary/aromatic N) is 3. The van der Waals surface area contributed by atoms with E-state index in [1.165, 1.54) is 17.2 Å². The molecule has 12 heteroatoms. The minimum atomic E-state index is -1.37. The van der Waals surface area contributed by atoms with Gasteiger partial charge in [0.25, 0.3) is 5.56 Å². The van der Waals surface area contributed by atoms with Gasteiger partial charge >= 0.3 is 5.97 Å². The van der Waals surface area contributed by atoms with Crippen molar-refractivity contribution in [2.24, 2.45) is 5.73 Å². The smallest absolute Gasteiger partial charge is 0.325 e. The van der Waals surface area contributed by atoms with E-state index in [0.717, 1.165) is 0 Å². The summed E-state index contributed by atoms with van der Waals surface area (Å²) in [4.78, 5) is 33.4. The summed E-state index contributed by atoms with van der Waals surface area (Å²) in [6, 6.07) is -1.20. The second-order valence-electron chi connectivity index (χ2n) is 5.52. The fraction of sp³-hybridized carbons (Fsp3) is 0.538. The number of aliphatic hydroxyl groups is 3. The molecular weight excluding hydrogens is 338 g/mol. The molecular formula is C13H17N5O7. The number of aromatic amines is 1. The topological polar surface area (TPSA) is 186 Å². The highest BCUT2D eigenvalue weighted by Gasteiger charge is 2.45. The highest BCUT2D eigenvalue weighted by atomic mass is 16.6. The zero-order chi connectivity index (χ0) is 18.1.